The lowest BCUT2D eigenvalue weighted by atomic mass is 9.95. The first kappa shape index (κ1) is 28.4. The van der Waals surface area contributed by atoms with E-state index in [2.05, 4.69) is 80.4 Å². The van der Waals surface area contributed by atoms with Crippen molar-refractivity contribution in [3.63, 3.8) is 0 Å². The fourth-order valence-corrected chi connectivity index (χ4v) is 3.73. The minimum absolute atomic E-state index is 0.686. The molecule has 0 saturated carbocycles. The summed E-state index contributed by atoms with van der Waals surface area (Å²) >= 11 is 0. The van der Waals surface area contributed by atoms with E-state index in [1.807, 2.05) is 0 Å². The van der Waals surface area contributed by atoms with Gasteiger partial charge >= 0.3 is 0 Å². The number of nitrogens with two attached hydrogens (primary N) is 2. The number of nitrogens with one attached hydrogen (secondary N) is 6. The van der Waals surface area contributed by atoms with Gasteiger partial charge in [0.2, 0.25) is 0 Å². The second-order valence-corrected chi connectivity index (χ2v) is 8.25. The van der Waals surface area contributed by atoms with Crippen LogP contribution in [0.25, 0.3) is 11.1 Å². The van der Waals surface area contributed by atoms with Gasteiger partial charge in [0, 0.05) is 91.6 Å². The molecular weight excluding hydrogens is 424 g/mol. The second-order valence-electron chi connectivity index (χ2n) is 8.25. The molecule has 0 aliphatic heterocycles. The van der Waals surface area contributed by atoms with Crippen molar-refractivity contribution in [2.24, 2.45) is 11.5 Å². The molecule has 0 spiro atoms. The molecule has 0 aromatic heterocycles. The van der Waals surface area contributed by atoms with Crippen LogP contribution in [-0.4, -0.2) is 78.5 Å². The van der Waals surface area contributed by atoms with E-state index < -0.39 is 0 Å². The molecule has 0 amide bonds. The number of benzene rings is 2. The summed E-state index contributed by atoms with van der Waals surface area (Å²) < 4.78 is 0. The Labute approximate surface area is 206 Å². The quantitative estimate of drug-likeness (QED) is 0.118. The van der Waals surface area contributed by atoms with Gasteiger partial charge in [0.05, 0.1) is 0 Å². The van der Waals surface area contributed by atoms with Crippen molar-refractivity contribution in [1.29, 1.82) is 0 Å². The Morgan fingerprint density at radius 1 is 0.412 bits per heavy atom. The van der Waals surface area contributed by atoms with E-state index in [4.69, 9.17) is 11.5 Å². The number of rotatable bonds is 21. The maximum atomic E-state index is 5.48. The molecule has 0 heterocycles. The highest BCUT2D eigenvalue weighted by molar-refractivity contribution is 5.70. The molecule has 0 unspecified atom stereocenters. The fourth-order valence-electron chi connectivity index (χ4n) is 3.73. The Bertz CT molecular complexity index is 692. The summed E-state index contributed by atoms with van der Waals surface area (Å²) in [6.45, 7) is 12.4. The van der Waals surface area contributed by atoms with Crippen LogP contribution in [0.5, 0.6) is 0 Å². The van der Waals surface area contributed by atoms with Gasteiger partial charge in [-0.05, 0) is 22.3 Å². The highest BCUT2D eigenvalue weighted by Crippen LogP contribution is 2.27. The van der Waals surface area contributed by atoms with E-state index in [1.54, 1.807) is 0 Å². The van der Waals surface area contributed by atoms with Gasteiger partial charge < -0.3 is 43.4 Å². The van der Waals surface area contributed by atoms with Crippen LogP contribution < -0.4 is 43.4 Å². The maximum absolute atomic E-state index is 5.48. The lowest BCUT2D eigenvalue weighted by Crippen LogP contribution is -2.34. The lowest BCUT2D eigenvalue weighted by molar-refractivity contribution is 0.582. The largest absolute Gasteiger partial charge is 0.329 e. The second kappa shape index (κ2) is 19.4. The van der Waals surface area contributed by atoms with Crippen molar-refractivity contribution < 1.29 is 0 Å². The van der Waals surface area contributed by atoms with Crippen LogP contribution in [0.15, 0.2) is 48.5 Å². The van der Waals surface area contributed by atoms with Gasteiger partial charge in [0.15, 0.2) is 0 Å². The molecule has 0 saturated heterocycles. The number of hydrogen-bond acceptors (Lipinski definition) is 8. The fraction of sp³-hybridized carbons (Fsp3) is 0.538. The van der Waals surface area contributed by atoms with E-state index in [0.717, 1.165) is 78.5 Å². The summed E-state index contributed by atoms with van der Waals surface area (Å²) in [7, 11) is 0. The Balaban J connectivity index is 1.76. The van der Waals surface area contributed by atoms with Gasteiger partial charge in [-0.15, -0.1) is 0 Å². The summed E-state index contributed by atoms with van der Waals surface area (Å²) in [6, 6.07) is 17.4. The molecule has 0 atom stereocenters. The van der Waals surface area contributed by atoms with Crippen molar-refractivity contribution in [1.82, 2.24) is 31.9 Å². The zero-order chi connectivity index (χ0) is 24.1. The first-order chi connectivity index (χ1) is 16.9. The van der Waals surface area contributed by atoms with Crippen LogP contribution >= 0.6 is 0 Å². The van der Waals surface area contributed by atoms with Crippen molar-refractivity contribution in [3.8, 4) is 11.1 Å². The van der Waals surface area contributed by atoms with Crippen LogP contribution in [0, 0.1) is 0 Å². The Hall–Kier alpha value is -1.88. The smallest absolute Gasteiger partial charge is 0.0212 e. The molecule has 10 N–H and O–H groups in total. The zero-order valence-electron chi connectivity index (χ0n) is 20.7. The summed E-state index contributed by atoms with van der Waals surface area (Å²) in [5, 5.41) is 20.6. The van der Waals surface area contributed by atoms with Crippen molar-refractivity contribution in [3.05, 3.63) is 59.7 Å². The standard InChI is InChI=1S/C26H46N8/c27-9-11-29-13-15-31-17-19-33-21-23-5-1-3-7-25(23)26-8-4-2-6-24(26)22-34-20-18-32-16-14-30-12-10-28/h1-8,29-34H,9-22,27-28H2. The van der Waals surface area contributed by atoms with E-state index in [9.17, 15) is 0 Å². The van der Waals surface area contributed by atoms with Gasteiger partial charge in [0.1, 0.15) is 0 Å². The van der Waals surface area contributed by atoms with Gasteiger partial charge in [-0.25, -0.2) is 0 Å². The predicted molar refractivity (Wildman–Crippen MR) is 145 cm³/mol. The SMILES string of the molecule is NCCNCCNCCNCc1ccccc1-c1ccccc1CNCCNCCNCCN. The Morgan fingerprint density at radius 3 is 1.12 bits per heavy atom. The van der Waals surface area contributed by atoms with Crippen molar-refractivity contribution >= 4 is 0 Å². The molecule has 0 radical (unpaired) electrons. The molecule has 8 heteroatoms. The normalized spacial score (nSPS) is 11.2. The van der Waals surface area contributed by atoms with Crippen LogP contribution in [-0.2, 0) is 13.1 Å². The van der Waals surface area contributed by atoms with Crippen LogP contribution in [0.4, 0.5) is 0 Å². The Kier molecular flexibility index (Phi) is 16.2. The van der Waals surface area contributed by atoms with E-state index in [0.29, 0.717) is 13.1 Å². The van der Waals surface area contributed by atoms with Gasteiger partial charge in [-0.3, -0.25) is 0 Å². The first-order valence-corrected chi connectivity index (χ1v) is 12.7. The Morgan fingerprint density at radius 2 is 0.735 bits per heavy atom. The third-order valence-electron chi connectivity index (χ3n) is 5.51. The molecule has 2 aromatic rings. The monoisotopic (exact) mass is 470 g/mol. The van der Waals surface area contributed by atoms with Crippen LogP contribution in [0.3, 0.4) is 0 Å². The summed E-state index contributed by atoms with van der Waals surface area (Å²) in [6.07, 6.45) is 0. The summed E-state index contributed by atoms with van der Waals surface area (Å²) in [5.74, 6) is 0. The summed E-state index contributed by atoms with van der Waals surface area (Å²) in [5.41, 5.74) is 16.2. The van der Waals surface area contributed by atoms with Gasteiger partial charge in [0.25, 0.3) is 0 Å². The van der Waals surface area contributed by atoms with Crippen LogP contribution in [0.2, 0.25) is 0 Å². The predicted octanol–water partition coefficient (Wildman–Crippen LogP) is -0.191. The minimum Gasteiger partial charge on any atom is -0.329 e. The van der Waals surface area contributed by atoms with E-state index >= 15 is 0 Å². The maximum Gasteiger partial charge on any atom is 0.0212 e. The van der Waals surface area contributed by atoms with E-state index in [1.165, 1.54) is 22.3 Å². The molecule has 0 fully saturated rings. The van der Waals surface area contributed by atoms with Crippen molar-refractivity contribution in [2.45, 2.75) is 13.1 Å². The lowest BCUT2D eigenvalue weighted by Gasteiger charge is -2.15. The van der Waals surface area contributed by atoms with E-state index in [-0.39, 0.29) is 0 Å². The van der Waals surface area contributed by atoms with Gasteiger partial charge in [-0.1, -0.05) is 48.5 Å². The highest BCUT2D eigenvalue weighted by Gasteiger charge is 2.08. The summed E-state index contributed by atoms with van der Waals surface area (Å²) in [4.78, 5) is 0. The molecule has 0 aliphatic rings. The third-order valence-corrected chi connectivity index (χ3v) is 5.51. The van der Waals surface area contributed by atoms with Crippen LogP contribution in [0.1, 0.15) is 11.1 Å². The molecule has 2 aromatic carbocycles. The third kappa shape index (κ3) is 12.0. The average molecular weight is 471 g/mol. The molecular formula is C26H46N8. The molecule has 34 heavy (non-hydrogen) atoms. The average Bonchev–Trinajstić information content (AvgIpc) is 2.87. The molecule has 0 aliphatic carbocycles. The first-order valence-electron chi connectivity index (χ1n) is 12.7. The molecule has 8 nitrogen and oxygen atoms in total. The van der Waals surface area contributed by atoms with Gasteiger partial charge in [-0.2, -0.15) is 0 Å². The minimum atomic E-state index is 0.686. The highest BCUT2D eigenvalue weighted by atomic mass is 15.0. The topological polar surface area (TPSA) is 124 Å². The molecule has 0 bridgehead atoms. The zero-order valence-corrected chi connectivity index (χ0v) is 20.7. The molecule has 2 rings (SSSR count). The molecule has 190 valence electrons. The number of hydrogen-bond donors (Lipinski definition) is 8. The van der Waals surface area contributed by atoms with Crippen molar-refractivity contribution in [2.75, 3.05) is 78.5 Å².